The second kappa shape index (κ2) is 7.81. The van der Waals surface area contributed by atoms with Gasteiger partial charge in [0.2, 0.25) is 5.91 Å². The Bertz CT molecular complexity index is 1150. The number of rotatable bonds is 4. The number of benzene rings is 2. The number of carbonyl (C=O) groups excluding carboxylic acids is 1. The van der Waals surface area contributed by atoms with E-state index in [1.807, 2.05) is 49.4 Å². The Balaban J connectivity index is 1.53. The number of carbonyl (C=O) groups is 1. The number of anilines is 1. The van der Waals surface area contributed by atoms with Crippen LogP contribution in [0.2, 0.25) is 0 Å². The van der Waals surface area contributed by atoms with Gasteiger partial charge in [0.1, 0.15) is 17.5 Å². The lowest BCUT2D eigenvalue weighted by molar-refractivity contribution is -0.117. The van der Waals surface area contributed by atoms with Crippen molar-refractivity contribution in [3.05, 3.63) is 75.7 Å². The first kappa shape index (κ1) is 19.9. The average molecular weight is 407 g/mol. The number of phenolic OH excluding ortho intramolecular Hbond substituents is 1. The molecule has 1 amide bonds. The molecule has 2 atom stereocenters. The van der Waals surface area contributed by atoms with Crippen molar-refractivity contribution >= 4 is 11.6 Å². The number of aromatic nitrogens is 2. The zero-order chi connectivity index (χ0) is 21.4. The van der Waals surface area contributed by atoms with Gasteiger partial charge in [-0.1, -0.05) is 30.3 Å². The number of phenols is 1. The van der Waals surface area contributed by atoms with Crippen LogP contribution < -0.4 is 21.7 Å². The third-order valence-electron chi connectivity index (χ3n) is 5.58. The van der Waals surface area contributed by atoms with Crippen molar-refractivity contribution in [2.45, 2.75) is 32.4 Å². The summed E-state index contributed by atoms with van der Waals surface area (Å²) in [7, 11) is 1.78. The molecular weight excluding hydrogens is 382 g/mol. The van der Waals surface area contributed by atoms with Gasteiger partial charge in [0.15, 0.2) is 0 Å². The first-order chi connectivity index (χ1) is 14.4. The van der Waals surface area contributed by atoms with Crippen LogP contribution in [0.3, 0.4) is 0 Å². The third-order valence-corrected chi connectivity index (χ3v) is 5.58. The normalized spacial score (nSPS) is 18.5. The van der Waals surface area contributed by atoms with Crippen LogP contribution in [0.25, 0.3) is 5.69 Å². The second-order valence-electron chi connectivity index (χ2n) is 7.62. The van der Waals surface area contributed by atoms with E-state index in [1.54, 1.807) is 24.7 Å². The van der Waals surface area contributed by atoms with E-state index in [4.69, 9.17) is 0 Å². The average Bonchev–Trinajstić information content (AvgIpc) is 3.29. The smallest absolute Gasteiger partial charge is 0.295 e. The van der Waals surface area contributed by atoms with Crippen LogP contribution in [-0.4, -0.2) is 26.4 Å². The highest BCUT2D eigenvalue weighted by Crippen LogP contribution is 2.30. The van der Waals surface area contributed by atoms with Crippen molar-refractivity contribution in [1.29, 1.82) is 0 Å². The summed E-state index contributed by atoms with van der Waals surface area (Å²) >= 11 is 0. The maximum Gasteiger partial charge on any atom is 0.295 e. The van der Waals surface area contributed by atoms with E-state index in [0.29, 0.717) is 12.1 Å². The lowest BCUT2D eigenvalue weighted by atomic mass is 9.99. The van der Waals surface area contributed by atoms with E-state index < -0.39 is 6.04 Å². The minimum Gasteiger partial charge on any atom is -0.508 e. The molecule has 1 saturated heterocycles. The summed E-state index contributed by atoms with van der Waals surface area (Å²) in [6.07, 6.45) is 0.446. The molecule has 8 heteroatoms. The Labute approximate surface area is 174 Å². The number of hydrazine groups is 1. The number of nitrogens with zero attached hydrogens (tertiary/aromatic N) is 2. The monoisotopic (exact) mass is 407 g/mol. The van der Waals surface area contributed by atoms with Gasteiger partial charge in [0.05, 0.1) is 17.4 Å². The molecule has 1 aliphatic rings. The molecule has 0 saturated carbocycles. The van der Waals surface area contributed by atoms with Crippen LogP contribution in [0.15, 0.2) is 53.3 Å². The van der Waals surface area contributed by atoms with Crippen molar-refractivity contribution < 1.29 is 9.90 Å². The summed E-state index contributed by atoms with van der Waals surface area (Å²) in [5.74, 6) is -0.109. The Morgan fingerprint density at radius 3 is 2.57 bits per heavy atom. The molecule has 1 fully saturated rings. The van der Waals surface area contributed by atoms with E-state index in [2.05, 4.69) is 16.2 Å². The molecule has 2 aromatic carbocycles. The summed E-state index contributed by atoms with van der Waals surface area (Å²) in [4.78, 5) is 25.8. The number of aromatic hydroxyl groups is 1. The lowest BCUT2D eigenvalue weighted by Crippen LogP contribution is -2.40. The van der Waals surface area contributed by atoms with Crippen LogP contribution in [0.4, 0.5) is 5.69 Å². The molecule has 2 unspecified atom stereocenters. The van der Waals surface area contributed by atoms with Crippen LogP contribution >= 0.6 is 0 Å². The summed E-state index contributed by atoms with van der Waals surface area (Å²) < 4.78 is 3.25. The van der Waals surface area contributed by atoms with Gasteiger partial charge in [-0.3, -0.25) is 14.3 Å². The molecule has 1 aliphatic heterocycles. The third kappa shape index (κ3) is 3.51. The first-order valence-corrected chi connectivity index (χ1v) is 9.82. The van der Waals surface area contributed by atoms with Crippen LogP contribution in [-0.2, 0) is 11.8 Å². The number of aryl methyl sites for hydroxylation is 1. The molecule has 4 rings (SSSR count). The van der Waals surface area contributed by atoms with E-state index in [-0.39, 0.29) is 28.9 Å². The van der Waals surface area contributed by atoms with Crippen molar-refractivity contribution in [3.63, 3.8) is 0 Å². The van der Waals surface area contributed by atoms with Crippen LogP contribution in [0.5, 0.6) is 5.75 Å². The van der Waals surface area contributed by atoms with Gasteiger partial charge in [0, 0.05) is 12.6 Å². The van der Waals surface area contributed by atoms with Gasteiger partial charge in [-0.05, 0) is 44.0 Å². The minimum absolute atomic E-state index is 0.194. The fourth-order valence-electron chi connectivity index (χ4n) is 3.80. The number of para-hydroxylation sites is 1. The van der Waals surface area contributed by atoms with Gasteiger partial charge >= 0.3 is 0 Å². The maximum absolute atomic E-state index is 13.0. The molecule has 156 valence electrons. The fourth-order valence-corrected chi connectivity index (χ4v) is 3.80. The molecule has 8 nitrogen and oxygen atoms in total. The molecule has 0 bridgehead atoms. The fraction of sp³-hybridized carbons (Fsp3) is 0.273. The van der Waals surface area contributed by atoms with Crippen LogP contribution in [0.1, 0.15) is 29.3 Å². The Morgan fingerprint density at radius 1 is 1.13 bits per heavy atom. The predicted octanol–water partition coefficient (Wildman–Crippen LogP) is 2.04. The lowest BCUT2D eigenvalue weighted by Gasteiger charge is -2.12. The van der Waals surface area contributed by atoms with Crippen molar-refractivity contribution in [2.75, 3.05) is 5.32 Å². The van der Waals surface area contributed by atoms with E-state index in [0.717, 1.165) is 16.8 Å². The van der Waals surface area contributed by atoms with Crippen LogP contribution in [0, 0.1) is 13.8 Å². The molecule has 0 aliphatic carbocycles. The highest BCUT2D eigenvalue weighted by atomic mass is 16.3. The summed E-state index contributed by atoms with van der Waals surface area (Å²) in [6.45, 7) is 3.70. The molecular formula is C22H25N5O3. The number of amides is 1. The van der Waals surface area contributed by atoms with E-state index in [1.165, 1.54) is 4.68 Å². The Hall–Kier alpha value is -3.36. The van der Waals surface area contributed by atoms with Gasteiger partial charge in [-0.2, -0.15) is 0 Å². The van der Waals surface area contributed by atoms with Gasteiger partial charge in [-0.25, -0.2) is 15.5 Å². The Morgan fingerprint density at radius 2 is 1.87 bits per heavy atom. The first-order valence-electron chi connectivity index (χ1n) is 9.82. The van der Waals surface area contributed by atoms with E-state index >= 15 is 0 Å². The topological polar surface area (TPSA) is 100 Å². The number of hydrogen-bond acceptors (Lipinski definition) is 5. The molecule has 1 aromatic heterocycles. The summed E-state index contributed by atoms with van der Waals surface area (Å²) in [6, 6.07) is 14.0. The number of hydrogen-bond donors (Lipinski definition) is 4. The van der Waals surface area contributed by atoms with Crippen molar-refractivity contribution in [2.24, 2.45) is 7.05 Å². The second-order valence-corrected chi connectivity index (χ2v) is 7.62. The summed E-state index contributed by atoms with van der Waals surface area (Å²) in [5.41, 5.74) is 9.09. The largest absolute Gasteiger partial charge is 0.508 e. The predicted molar refractivity (Wildman–Crippen MR) is 115 cm³/mol. The van der Waals surface area contributed by atoms with Gasteiger partial charge < -0.3 is 10.4 Å². The molecule has 3 aromatic rings. The molecule has 0 spiro atoms. The highest BCUT2D eigenvalue weighted by molar-refractivity contribution is 5.95. The zero-order valence-electron chi connectivity index (χ0n) is 17.1. The Kier molecular flexibility index (Phi) is 5.19. The van der Waals surface area contributed by atoms with Gasteiger partial charge in [-0.15, -0.1) is 0 Å². The van der Waals surface area contributed by atoms with Crippen molar-refractivity contribution in [1.82, 2.24) is 20.2 Å². The number of nitrogens with one attached hydrogen (secondary N) is 3. The standard InChI is InChI=1S/C22H25N5O3/c1-13-9-10-16(19(28)11-13)17-12-18(25-24-17)21(29)23-20-14(2)26(3)27(22(20)30)15-7-5-4-6-8-15/h4-11,17-18,24-25,28H,12H2,1-3H3,(H,23,29). The molecule has 2 heterocycles. The molecule has 4 N–H and O–H groups in total. The minimum atomic E-state index is -0.542. The highest BCUT2D eigenvalue weighted by Gasteiger charge is 2.32. The molecule has 0 radical (unpaired) electrons. The zero-order valence-corrected chi connectivity index (χ0v) is 17.1. The van der Waals surface area contributed by atoms with Crippen molar-refractivity contribution in [3.8, 4) is 11.4 Å². The maximum atomic E-state index is 13.0. The SMILES string of the molecule is Cc1ccc(C2CC(C(=O)Nc3c(C)n(C)n(-c4ccccc4)c3=O)NN2)c(O)c1. The quantitative estimate of drug-likeness (QED) is 0.530. The summed E-state index contributed by atoms with van der Waals surface area (Å²) in [5, 5.41) is 13.0. The molecule has 30 heavy (non-hydrogen) atoms. The van der Waals surface area contributed by atoms with Gasteiger partial charge in [0.25, 0.3) is 5.56 Å². The van der Waals surface area contributed by atoms with E-state index in [9.17, 15) is 14.7 Å².